The number of rotatable bonds is 5. The van der Waals surface area contributed by atoms with Gasteiger partial charge in [0.2, 0.25) is 0 Å². The molecular weight excluding hydrogens is 492 g/mol. The van der Waals surface area contributed by atoms with Crippen molar-refractivity contribution < 1.29 is 0 Å². The van der Waals surface area contributed by atoms with Gasteiger partial charge in [-0.2, -0.15) is 0 Å². The third-order valence-electron chi connectivity index (χ3n) is 6.97. The smallest absolute Gasteiger partial charge is 0.0206 e. The summed E-state index contributed by atoms with van der Waals surface area (Å²) in [6, 6.07) is 6.89. The molecule has 0 heteroatoms. The first-order chi connectivity index (χ1) is 19.7. The lowest BCUT2D eigenvalue weighted by Crippen LogP contribution is -2.13. The third kappa shape index (κ3) is 27.6. The van der Waals surface area contributed by atoms with Crippen molar-refractivity contribution in [2.45, 2.75) is 140 Å². The highest BCUT2D eigenvalue weighted by atomic mass is 14.2. The first-order valence-corrected chi connectivity index (χ1v) is 16.5. The maximum Gasteiger partial charge on any atom is -0.0206 e. The molecule has 3 rings (SSSR count). The zero-order valence-electron chi connectivity index (χ0n) is 29.8. The molecule has 0 nitrogen and oxygen atoms in total. The van der Waals surface area contributed by atoms with Crippen LogP contribution in [0.25, 0.3) is 0 Å². The molecular formula is C41H72. The number of fused-ring (bicyclic) bond motifs is 1. The second-order valence-electron chi connectivity index (χ2n) is 10.8. The molecule has 1 aromatic rings. The highest BCUT2D eigenvalue weighted by molar-refractivity contribution is 5.33. The minimum atomic E-state index is 0.889. The second kappa shape index (κ2) is 33.9. The van der Waals surface area contributed by atoms with E-state index in [2.05, 4.69) is 97.5 Å². The fourth-order valence-electron chi connectivity index (χ4n) is 4.77. The first kappa shape index (κ1) is 45.7. The number of hydrogen-bond donors (Lipinski definition) is 0. The van der Waals surface area contributed by atoms with Crippen LogP contribution in [0.1, 0.15) is 137 Å². The Morgan fingerprint density at radius 2 is 1.44 bits per heavy atom. The monoisotopic (exact) mass is 565 g/mol. The van der Waals surface area contributed by atoms with Crippen molar-refractivity contribution in [3.63, 3.8) is 0 Å². The van der Waals surface area contributed by atoms with E-state index >= 15 is 0 Å². The first-order valence-electron chi connectivity index (χ1n) is 16.5. The van der Waals surface area contributed by atoms with Crippen LogP contribution >= 0.6 is 0 Å². The minimum absolute atomic E-state index is 0.889. The summed E-state index contributed by atoms with van der Waals surface area (Å²) in [4.78, 5) is 0. The SMILES string of the molecule is C=C.C=C(C)/C=C/C.C=C=C.CC.CC.CCCCC=C(C)C1CCC(C)CC1.Cc1ccc2c(c1)CCC(C)C2. The number of unbranched alkanes of at least 4 members (excludes halogenated alkanes) is 2. The van der Waals surface area contributed by atoms with Gasteiger partial charge in [0.25, 0.3) is 0 Å². The minimum Gasteiger partial charge on any atom is -0.137 e. The molecule has 2 aliphatic rings. The molecule has 1 unspecified atom stereocenters. The van der Waals surface area contributed by atoms with Crippen LogP contribution < -0.4 is 0 Å². The molecule has 0 amide bonds. The Labute approximate surface area is 260 Å². The van der Waals surface area contributed by atoms with Gasteiger partial charge < -0.3 is 0 Å². The van der Waals surface area contributed by atoms with E-state index in [0.29, 0.717) is 0 Å². The number of aryl methyl sites for hydroxylation is 2. The zero-order chi connectivity index (χ0) is 32.6. The molecule has 236 valence electrons. The van der Waals surface area contributed by atoms with E-state index in [-0.39, 0.29) is 0 Å². The lowest BCUT2D eigenvalue weighted by Gasteiger charge is -2.26. The van der Waals surface area contributed by atoms with Crippen LogP contribution in [0.15, 0.2) is 86.2 Å². The predicted molar refractivity (Wildman–Crippen MR) is 195 cm³/mol. The summed E-state index contributed by atoms with van der Waals surface area (Å²) in [5.41, 5.74) is 9.61. The molecule has 1 saturated carbocycles. The molecule has 0 saturated heterocycles. The van der Waals surface area contributed by atoms with Crippen molar-refractivity contribution in [1.29, 1.82) is 0 Å². The standard InChI is InChI=1S/C14H26.C12H16.C6H10.C3H4.2C2H6.C2H4/c1-4-5-6-7-13(3)14-10-8-12(2)9-11-14;1-9-3-5-12-8-10(2)4-6-11(12)7-9;1-4-5-6(2)3;1-3-2;3*1-2/h7,12,14H,4-6,8-11H2,1-3H3;3,5,7,10H,4,6,8H2,1-2H3;4-5H,2H2,1,3H3;1-2H2;2*1-2H3;1-2H2/b;;5-4+;;;;. The predicted octanol–water partition coefficient (Wildman–Crippen LogP) is 14.0. The normalized spacial score (nSPS) is 18.4. The van der Waals surface area contributed by atoms with Gasteiger partial charge in [-0.15, -0.1) is 18.9 Å². The summed E-state index contributed by atoms with van der Waals surface area (Å²) in [6.07, 6.45) is 20.1. The van der Waals surface area contributed by atoms with Crippen molar-refractivity contribution in [3.05, 3.63) is 103 Å². The number of allylic oxidation sites excluding steroid dienone is 5. The van der Waals surface area contributed by atoms with E-state index in [0.717, 1.165) is 23.3 Å². The molecule has 1 atom stereocenters. The van der Waals surface area contributed by atoms with Gasteiger partial charge in [0.05, 0.1) is 0 Å². The fraction of sp³-hybridized carbons (Fsp3) is 0.585. The fourth-order valence-corrected chi connectivity index (χ4v) is 4.77. The summed E-state index contributed by atoms with van der Waals surface area (Å²) < 4.78 is 0. The Morgan fingerprint density at radius 3 is 1.88 bits per heavy atom. The highest BCUT2D eigenvalue weighted by Crippen LogP contribution is 2.33. The summed E-state index contributed by atoms with van der Waals surface area (Å²) in [6.45, 7) is 39.4. The maximum atomic E-state index is 3.66. The molecule has 0 radical (unpaired) electrons. The number of benzene rings is 1. The lowest BCUT2D eigenvalue weighted by atomic mass is 9.79. The van der Waals surface area contributed by atoms with Crippen LogP contribution in [0.2, 0.25) is 0 Å². The molecule has 2 aliphatic carbocycles. The topological polar surface area (TPSA) is 0 Å². The Bertz CT molecular complexity index is 804. The molecule has 0 aliphatic heterocycles. The largest absolute Gasteiger partial charge is 0.137 e. The Morgan fingerprint density at radius 1 is 0.902 bits per heavy atom. The van der Waals surface area contributed by atoms with E-state index in [4.69, 9.17) is 0 Å². The van der Waals surface area contributed by atoms with Gasteiger partial charge in [-0.1, -0.05) is 147 Å². The third-order valence-corrected chi connectivity index (χ3v) is 6.97. The molecule has 0 bridgehead atoms. The summed E-state index contributed by atoms with van der Waals surface area (Å²) in [5, 5.41) is 0. The van der Waals surface area contributed by atoms with Crippen molar-refractivity contribution in [3.8, 4) is 0 Å². The van der Waals surface area contributed by atoms with Crippen LogP contribution in [0.3, 0.4) is 0 Å². The van der Waals surface area contributed by atoms with Gasteiger partial charge in [-0.25, -0.2) is 0 Å². The molecule has 1 fully saturated rings. The molecule has 0 N–H and O–H groups in total. The Kier molecular flexibility index (Phi) is 37.8. The van der Waals surface area contributed by atoms with Crippen LogP contribution in [0.5, 0.6) is 0 Å². The average molecular weight is 565 g/mol. The van der Waals surface area contributed by atoms with Gasteiger partial charge >= 0.3 is 0 Å². The van der Waals surface area contributed by atoms with E-state index < -0.39 is 0 Å². The van der Waals surface area contributed by atoms with Gasteiger partial charge in [0, 0.05) is 0 Å². The van der Waals surface area contributed by atoms with Crippen LogP contribution in [0.4, 0.5) is 0 Å². The molecule has 0 spiro atoms. The highest BCUT2D eigenvalue weighted by Gasteiger charge is 2.18. The van der Waals surface area contributed by atoms with Crippen molar-refractivity contribution in [2.24, 2.45) is 17.8 Å². The van der Waals surface area contributed by atoms with Gasteiger partial charge in [0.15, 0.2) is 0 Å². The van der Waals surface area contributed by atoms with Gasteiger partial charge in [0.1, 0.15) is 0 Å². The van der Waals surface area contributed by atoms with E-state index in [1.54, 1.807) is 16.7 Å². The summed E-state index contributed by atoms with van der Waals surface area (Å²) >= 11 is 0. The Balaban J connectivity index is -0.000000229. The van der Waals surface area contributed by atoms with Gasteiger partial charge in [-0.3, -0.25) is 0 Å². The quantitative estimate of drug-likeness (QED) is 0.144. The molecule has 0 aromatic heterocycles. The van der Waals surface area contributed by atoms with Crippen molar-refractivity contribution in [1.82, 2.24) is 0 Å². The van der Waals surface area contributed by atoms with Crippen LogP contribution in [-0.2, 0) is 12.8 Å². The van der Waals surface area contributed by atoms with Crippen LogP contribution in [0, 0.1) is 24.7 Å². The van der Waals surface area contributed by atoms with Crippen molar-refractivity contribution in [2.75, 3.05) is 0 Å². The van der Waals surface area contributed by atoms with Crippen LogP contribution in [-0.4, -0.2) is 0 Å². The van der Waals surface area contributed by atoms with Gasteiger partial charge in [-0.05, 0) is 95.1 Å². The molecule has 41 heavy (non-hydrogen) atoms. The summed E-state index contributed by atoms with van der Waals surface area (Å²) in [5.74, 6) is 2.79. The van der Waals surface area contributed by atoms with Crippen molar-refractivity contribution >= 4 is 0 Å². The van der Waals surface area contributed by atoms with E-state index in [1.165, 1.54) is 69.8 Å². The number of hydrogen-bond acceptors (Lipinski definition) is 0. The average Bonchev–Trinajstić information content (AvgIpc) is 2.98. The maximum absolute atomic E-state index is 3.66. The zero-order valence-corrected chi connectivity index (χ0v) is 29.8. The van der Waals surface area contributed by atoms with E-state index in [9.17, 15) is 0 Å². The summed E-state index contributed by atoms with van der Waals surface area (Å²) in [7, 11) is 0. The molecule has 0 heterocycles. The second-order valence-corrected chi connectivity index (χ2v) is 10.8. The lowest BCUT2D eigenvalue weighted by molar-refractivity contribution is 0.319. The van der Waals surface area contributed by atoms with E-state index in [1.807, 2.05) is 53.7 Å². The Hall–Kier alpha value is -2.30. The molecule has 1 aromatic carbocycles.